The largest absolute Gasteiger partial charge is 0.504 e. The molecule has 0 amide bonds. The van der Waals surface area contributed by atoms with E-state index in [1.54, 1.807) is 18.2 Å². The Bertz CT molecular complexity index is 1230. The zero-order valence-electron chi connectivity index (χ0n) is 16.1. The maximum absolute atomic E-state index is 13.0. The summed E-state index contributed by atoms with van der Waals surface area (Å²) < 4.78 is 12.0. The van der Waals surface area contributed by atoms with E-state index in [1.165, 1.54) is 18.9 Å². The van der Waals surface area contributed by atoms with E-state index in [9.17, 15) is 9.90 Å². The summed E-state index contributed by atoms with van der Waals surface area (Å²) in [6.07, 6.45) is 0. The number of methoxy groups -OCH3 is 2. The molecule has 0 fully saturated rings. The molecule has 6 nitrogen and oxygen atoms in total. The Morgan fingerprint density at radius 2 is 1.59 bits per heavy atom. The molecular formula is C23H20N2O4. The fourth-order valence-electron chi connectivity index (χ4n) is 3.40. The highest BCUT2D eigenvalue weighted by atomic mass is 16.5. The van der Waals surface area contributed by atoms with Gasteiger partial charge in [-0.2, -0.15) is 5.10 Å². The molecule has 0 bridgehead atoms. The Labute approximate surface area is 167 Å². The summed E-state index contributed by atoms with van der Waals surface area (Å²) in [5.74, 6) is 0.543. The fourth-order valence-corrected chi connectivity index (χ4v) is 3.40. The van der Waals surface area contributed by atoms with E-state index in [2.05, 4.69) is 5.10 Å². The first-order chi connectivity index (χ1) is 14.1. The predicted molar refractivity (Wildman–Crippen MR) is 112 cm³/mol. The maximum Gasteiger partial charge on any atom is 0.274 e. The topological polar surface area (TPSA) is 73.6 Å². The highest BCUT2D eigenvalue weighted by Crippen LogP contribution is 2.44. The molecule has 4 aromatic rings. The number of fused-ring (bicyclic) bond motifs is 1. The number of aromatic nitrogens is 2. The van der Waals surface area contributed by atoms with Gasteiger partial charge in [0.15, 0.2) is 11.5 Å². The van der Waals surface area contributed by atoms with Crippen molar-refractivity contribution in [3.63, 3.8) is 0 Å². The molecule has 29 heavy (non-hydrogen) atoms. The van der Waals surface area contributed by atoms with E-state index in [0.29, 0.717) is 34.3 Å². The Kier molecular flexibility index (Phi) is 4.91. The van der Waals surface area contributed by atoms with Crippen LogP contribution in [0.15, 0.2) is 71.5 Å². The SMILES string of the molecule is COc1ccc(-c2nn(Cc3ccccc3)c(=O)c3ccccc23)c(O)c1OC. The molecule has 1 N–H and O–H groups in total. The van der Waals surface area contributed by atoms with Gasteiger partial charge in [-0.15, -0.1) is 0 Å². The van der Waals surface area contributed by atoms with Crippen molar-refractivity contribution >= 4 is 10.8 Å². The lowest BCUT2D eigenvalue weighted by Crippen LogP contribution is -2.24. The second-order valence-corrected chi connectivity index (χ2v) is 6.54. The van der Waals surface area contributed by atoms with Crippen molar-refractivity contribution in [1.82, 2.24) is 9.78 Å². The van der Waals surface area contributed by atoms with Crippen LogP contribution in [0.4, 0.5) is 0 Å². The van der Waals surface area contributed by atoms with Crippen LogP contribution in [0.5, 0.6) is 17.2 Å². The molecule has 4 rings (SSSR count). The number of hydrogen-bond donors (Lipinski definition) is 1. The minimum absolute atomic E-state index is 0.0885. The number of rotatable bonds is 5. The molecule has 0 unspecified atom stereocenters. The number of benzene rings is 3. The molecule has 146 valence electrons. The smallest absolute Gasteiger partial charge is 0.274 e. The Morgan fingerprint density at radius 1 is 0.897 bits per heavy atom. The van der Waals surface area contributed by atoms with Crippen LogP contribution in [-0.2, 0) is 6.54 Å². The number of ether oxygens (including phenoxy) is 2. The summed E-state index contributed by atoms with van der Waals surface area (Å²) in [4.78, 5) is 13.0. The summed E-state index contributed by atoms with van der Waals surface area (Å²) in [6.45, 7) is 0.325. The zero-order valence-corrected chi connectivity index (χ0v) is 16.1. The van der Waals surface area contributed by atoms with Gasteiger partial charge in [0.05, 0.1) is 26.2 Å². The van der Waals surface area contributed by atoms with E-state index >= 15 is 0 Å². The van der Waals surface area contributed by atoms with Crippen molar-refractivity contribution in [3.05, 3.63) is 82.6 Å². The van der Waals surface area contributed by atoms with Crippen molar-refractivity contribution < 1.29 is 14.6 Å². The van der Waals surface area contributed by atoms with Gasteiger partial charge in [0, 0.05) is 10.9 Å². The Hall–Kier alpha value is -3.80. The van der Waals surface area contributed by atoms with Crippen LogP contribution in [0.25, 0.3) is 22.0 Å². The molecule has 0 spiro atoms. The highest BCUT2D eigenvalue weighted by Gasteiger charge is 2.20. The third-order valence-corrected chi connectivity index (χ3v) is 4.82. The number of phenols is 1. The van der Waals surface area contributed by atoms with Crippen molar-refractivity contribution in [1.29, 1.82) is 0 Å². The van der Waals surface area contributed by atoms with E-state index in [0.717, 1.165) is 5.56 Å². The highest BCUT2D eigenvalue weighted by molar-refractivity contribution is 5.95. The first-order valence-corrected chi connectivity index (χ1v) is 9.12. The van der Waals surface area contributed by atoms with E-state index in [-0.39, 0.29) is 17.1 Å². The van der Waals surface area contributed by atoms with Crippen molar-refractivity contribution in [2.45, 2.75) is 6.54 Å². The van der Waals surface area contributed by atoms with E-state index < -0.39 is 0 Å². The summed E-state index contributed by atoms with van der Waals surface area (Å²) in [6, 6.07) is 20.3. The molecule has 0 aliphatic carbocycles. The Morgan fingerprint density at radius 3 is 2.28 bits per heavy atom. The summed E-state index contributed by atoms with van der Waals surface area (Å²) in [5.41, 5.74) is 1.73. The van der Waals surface area contributed by atoms with Crippen LogP contribution in [0, 0.1) is 0 Å². The van der Waals surface area contributed by atoms with Crippen LogP contribution in [0.2, 0.25) is 0 Å². The zero-order chi connectivity index (χ0) is 20.4. The minimum atomic E-state index is -0.187. The van der Waals surface area contributed by atoms with Gasteiger partial charge in [0.2, 0.25) is 5.75 Å². The summed E-state index contributed by atoms with van der Waals surface area (Å²) in [7, 11) is 2.97. The maximum atomic E-state index is 13.0. The van der Waals surface area contributed by atoms with Crippen molar-refractivity contribution in [2.24, 2.45) is 0 Å². The predicted octanol–water partition coefficient (Wildman–Crippen LogP) is 3.83. The molecule has 1 aromatic heterocycles. The van der Waals surface area contributed by atoms with Crippen LogP contribution in [0.3, 0.4) is 0 Å². The van der Waals surface area contributed by atoms with Gasteiger partial charge >= 0.3 is 0 Å². The molecule has 3 aromatic carbocycles. The quantitative estimate of drug-likeness (QED) is 0.562. The molecule has 6 heteroatoms. The number of phenolic OH excluding ortho intramolecular Hbond substituents is 1. The monoisotopic (exact) mass is 388 g/mol. The van der Waals surface area contributed by atoms with Gasteiger partial charge < -0.3 is 14.6 Å². The molecule has 0 aliphatic heterocycles. The average molecular weight is 388 g/mol. The van der Waals surface area contributed by atoms with E-state index in [4.69, 9.17) is 9.47 Å². The lowest BCUT2D eigenvalue weighted by atomic mass is 10.0. The van der Waals surface area contributed by atoms with Crippen LogP contribution in [-0.4, -0.2) is 29.1 Å². The van der Waals surface area contributed by atoms with Crippen molar-refractivity contribution in [3.8, 4) is 28.5 Å². The lowest BCUT2D eigenvalue weighted by Gasteiger charge is -2.15. The minimum Gasteiger partial charge on any atom is -0.504 e. The number of nitrogens with zero attached hydrogens (tertiary/aromatic N) is 2. The number of hydrogen-bond acceptors (Lipinski definition) is 5. The van der Waals surface area contributed by atoms with Gasteiger partial charge in [-0.25, -0.2) is 4.68 Å². The van der Waals surface area contributed by atoms with Gasteiger partial charge in [-0.1, -0.05) is 48.5 Å². The van der Waals surface area contributed by atoms with Crippen LogP contribution < -0.4 is 15.0 Å². The third-order valence-electron chi connectivity index (χ3n) is 4.82. The molecule has 0 aliphatic rings. The fraction of sp³-hybridized carbons (Fsp3) is 0.130. The first kappa shape index (κ1) is 18.6. The molecule has 0 saturated carbocycles. The van der Waals surface area contributed by atoms with Crippen molar-refractivity contribution in [2.75, 3.05) is 14.2 Å². The summed E-state index contributed by atoms with van der Waals surface area (Å²) in [5, 5.41) is 16.6. The summed E-state index contributed by atoms with van der Waals surface area (Å²) >= 11 is 0. The third kappa shape index (κ3) is 3.29. The van der Waals surface area contributed by atoms with Gasteiger partial charge in [-0.05, 0) is 23.8 Å². The lowest BCUT2D eigenvalue weighted by molar-refractivity contribution is 0.333. The van der Waals surface area contributed by atoms with Gasteiger partial charge in [0.1, 0.15) is 5.69 Å². The molecule has 1 heterocycles. The second-order valence-electron chi connectivity index (χ2n) is 6.54. The molecular weight excluding hydrogens is 368 g/mol. The van der Waals surface area contributed by atoms with Gasteiger partial charge in [0.25, 0.3) is 5.56 Å². The standard InChI is InChI=1S/C23H20N2O4/c1-28-19-13-12-18(21(26)22(19)29-2)20-16-10-6-7-11-17(16)23(27)25(24-20)14-15-8-4-3-5-9-15/h3-13,26H,14H2,1-2H3. The first-order valence-electron chi connectivity index (χ1n) is 9.12. The number of aromatic hydroxyl groups is 1. The molecule has 0 atom stereocenters. The van der Waals surface area contributed by atoms with Gasteiger partial charge in [-0.3, -0.25) is 4.79 Å². The normalized spacial score (nSPS) is 10.8. The molecule has 0 radical (unpaired) electrons. The second kappa shape index (κ2) is 7.67. The Balaban J connectivity index is 1.98. The molecule has 0 saturated heterocycles. The average Bonchev–Trinajstić information content (AvgIpc) is 2.76. The van der Waals surface area contributed by atoms with E-state index in [1.807, 2.05) is 48.5 Å². The van der Waals surface area contributed by atoms with Crippen LogP contribution >= 0.6 is 0 Å². The van der Waals surface area contributed by atoms with Crippen LogP contribution in [0.1, 0.15) is 5.56 Å².